The standard InChI is InChI=1S/C18H32N2O/c1-18(2)7-8-20(17(21)16(12-18)19(3)4)15-10-13-5-6-14(9-13)11-15/h13-16H,5-12H2,1-4H3. The molecule has 1 saturated heterocycles. The summed E-state index contributed by atoms with van der Waals surface area (Å²) in [4.78, 5) is 17.5. The fourth-order valence-electron chi connectivity index (χ4n) is 4.93. The van der Waals surface area contributed by atoms with Gasteiger partial charge in [-0.3, -0.25) is 9.69 Å². The Bertz CT molecular complexity index is 392. The van der Waals surface area contributed by atoms with E-state index in [1.54, 1.807) is 0 Å². The molecule has 0 aromatic rings. The van der Waals surface area contributed by atoms with Gasteiger partial charge in [0, 0.05) is 12.6 Å². The van der Waals surface area contributed by atoms with Crippen LogP contribution in [0, 0.1) is 17.3 Å². The molecular weight excluding hydrogens is 260 g/mol. The van der Waals surface area contributed by atoms with Crippen LogP contribution in [0.5, 0.6) is 0 Å². The van der Waals surface area contributed by atoms with Crippen LogP contribution >= 0.6 is 0 Å². The van der Waals surface area contributed by atoms with Crippen LogP contribution in [0.1, 0.15) is 58.8 Å². The molecule has 2 saturated carbocycles. The van der Waals surface area contributed by atoms with Gasteiger partial charge >= 0.3 is 0 Å². The summed E-state index contributed by atoms with van der Waals surface area (Å²) < 4.78 is 0. The first-order chi connectivity index (χ1) is 9.85. The van der Waals surface area contributed by atoms with Crippen LogP contribution in [0.4, 0.5) is 0 Å². The van der Waals surface area contributed by atoms with Gasteiger partial charge in [0.1, 0.15) is 0 Å². The Hall–Kier alpha value is -0.570. The van der Waals surface area contributed by atoms with E-state index < -0.39 is 0 Å². The molecule has 0 radical (unpaired) electrons. The number of hydrogen-bond donors (Lipinski definition) is 0. The molecule has 3 rings (SSSR count). The van der Waals surface area contributed by atoms with E-state index in [9.17, 15) is 4.79 Å². The number of carbonyl (C=O) groups excluding carboxylic acids is 1. The highest BCUT2D eigenvalue weighted by Crippen LogP contribution is 2.44. The Morgan fingerprint density at radius 3 is 2.29 bits per heavy atom. The van der Waals surface area contributed by atoms with Crippen molar-refractivity contribution >= 4 is 5.91 Å². The number of likely N-dealkylation sites (tertiary alicyclic amines) is 1. The second-order valence-electron chi connectivity index (χ2n) is 8.80. The summed E-state index contributed by atoms with van der Waals surface area (Å²) in [6.45, 7) is 5.62. The minimum absolute atomic E-state index is 0.0714. The smallest absolute Gasteiger partial charge is 0.240 e. The summed E-state index contributed by atoms with van der Waals surface area (Å²) in [7, 11) is 4.12. The lowest BCUT2D eigenvalue weighted by atomic mass is 9.83. The highest BCUT2D eigenvalue weighted by Gasteiger charge is 2.42. The maximum absolute atomic E-state index is 13.1. The fourth-order valence-corrected chi connectivity index (χ4v) is 4.93. The molecule has 21 heavy (non-hydrogen) atoms. The van der Waals surface area contributed by atoms with Crippen molar-refractivity contribution in [2.24, 2.45) is 17.3 Å². The van der Waals surface area contributed by atoms with Gasteiger partial charge in [0.25, 0.3) is 0 Å². The van der Waals surface area contributed by atoms with Crippen molar-refractivity contribution in [3.05, 3.63) is 0 Å². The van der Waals surface area contributed by atoms with E-state index >= 15 is 0 Å². The van der Waals surface area contributed by atoms with Gasteiger partial charge in [-0.15, -0.1) is 0 Å². The van der Waals surface area contributed by atoms with Crippen molar-refractivity contribution < 1.29 is 4.79 Å². The van der Waals surface area contributed by atoms with Crippen molar-refractivity contribution in [3.63, 3.8) is 0 Å². The van der Waals surface area contributed by atoms with Crippen molar-refractivity contribution in [1.82, 2.24) is 9.80 Å². The highest BCUT2D eigenvalue weighted by molar-refractivity contribution is 5.82. The molecule has 1 aliphatic heterocycles. The number of nitrogens with zero attached hydrogens (tertiary/aromatic N) is 2. The first-order valence-corrected chi connectivity index (χ1v) is 8.82. The monoisotopic (exact) mass is 292 g/mol. The molecule has 3 unspecified atom stereocenters. The highest BCUT2D eigenvalue weighted by atomic mass is 16.2. The van der Waals surface area contributed by atoms with Crippen LogP contribution in [-0.4, -0.2) is 48.4 Å². The summed E-state index contributed by atoms with van der Waals surface area (Å²) in [6, 6.07) is 0.599. The Kier molecular flexibility index (Phi) is 4.06. The van der Waals surface area contributed by atoms with Gasteiger partial charge in [0.2, 0.25) is 5.91 Å². The quantitative estimate of drug-likeness (QED) is 0.780. The number of amides is 1. The number of fused-ring (bicyclic) bond motifs is 2. The summed E-state index contributed by atoms with van der Waals surface area (Å²) in [5, 5.41) is 0. The van der Waals surface area contributed by atoms with Gasteiger partial charge < -0.3 is 4.90 Å². The maximum Gasteiger partial charge on any atom is 0.240 e. The van der Waals surface area contributed by atoms with E-state index in [0.717, 1.165) is 31.2 Å². The lowest BCUT2D eigenvalue weighted by Crippen LogP contribution is -2.50. The second kappa shape index (κ2) is 5.57. The average molecular weight is 292 g/mol. The summed E-state index contributed by atoms with van der Waals surface area (Å²) >= 11 is 0. The molecule has 0 aromatic heterocycles. The Morgan fingerprint density at radius 2 is 1.71 bits per heavy atom. The second-order valence-corrected chi connectivity index (χ2v) is 8.80. The van der Waals surface area contributed by atoms with E-state index in [2.05, 4.69) is 37.7 Å². The molecule has 0 aromatic carbocycles. The van der Waals surface area contributed by atoms with Crippen LogP contribution in [0.3, 0.4) is 0 Å². The third-order valence-corrected chi connectivity index (χ3v) is 6.27. The Morgan fingerprint density at radius 1 is 1.10 bits per heavy atom. The molecular formula is C18H32N2O. The van der Waals surface area contributed by atoms with Crippen molar-refractivity contribution in [2.75, 3.05) is 20.6 Å². The van der Waals surface area contributed by atoms with E-state index in [1.807, 2.05) is 0 Å². The van der Waals surface area contributed by atoms with Crippen LogP contribution in [-0.2, 0) is 4.79 Å². The number of rotatable bonds is 2. The van der Waals surface area contributed by atoms with Crippen LogP contribution in [0.15, 0.2) is 0 Å². The summed E-state index contributed by atoms with van der Waals surface area (Å²) in [5.41, 5.74) is 0.271. The van der Waals surface area contributed by atoms with Gasteiger partial charge in [-0.25, -0.2) is 0 Å². The minimum Gasteiger partial charge on any atom is -0.338 e. The molecule has 1 amide bonds. The predicted octanol–water partition coefficient (Wildman–Crippen LogP) is 3.14. The zero-order valence-electron chi connectivity index (χ0n) is 14.3. The molecule has 2 aliphatic carbocycles. The van der Waals surface area contributed by atoms with E-state index in [4.69, 9.17) is 0 Å². The van der Waals surface area contributed by atoms with Crippen molar-refractivity contribution in [3.8, 4) is 0 Å². The maximum atomic E-state index is 13.1. The molecule has 120 valence electrons. The average Bonchev–Trinajstić information content (AvgIpc) is 2.68. The van der Waals surface area contributed by atoms with Crippen LogP contribution in [0.2, 0.25) is 0 Å². The van der Waals surface area contributed by atoms with Gasteiger partial charge in [-0.2, -0.15) is 0 Å². The third-order valence-electron chi connectivity index (χ3n) is 6.27. The molecule has 3 aliphatic rings. The predicted molar refractivity (Wildman–Crippen MR) is 86.1 cm³/mol. The summed E-state index contributed by atoms with van der Waals surface area (Å²) in [5.74, 6) is 2.20. The van der Waals surface area contributed by atoms with E-state index in [-0.39, 0.29) is 11.5 Å². The van der Waals surface area contributed by atoms with Gasteiger partial charge in [-0.1, -0.05) is 26.7 Å². The first-order valence-electron chi connectivity index (χ1n) is 8.82. The number of carbonyl (C=O) groups is 1. The number of hydrogen-bond acceptors (Lipinski definition) is 2. The van der Waals surface area contributed by atoms with Crippen LogP contribution < -0.4 is 0 Å². The topological polar surface area (TPSA) is 23.6 Å². The minimum atomic E-state index is 0.0714. The first kappa shape index (κ1) is 15.3. The van der Waals surface area contributed by atoms with Crippen molar-refractivity contribution in [1.29, 1.82) is 0 Å². The molecule has 0 spiro atoms. The molecule has 1 heterocycles. The van der Waals surface area contributed by atoms with Gasteiger partial charge in [0.05, 0.1) is 6.04 Å². The van der Waals surface area contributed by atoms with E-state index in [0.29, 0.717) is 11.9 Å². The molecule has 3 nitrogen and oxygen atoms in total. The normalized spacial score (nSPS) is 39.7. The molecule has 0 N–H and O–H groups in total. The molecule has 3 heteroatoms. The summed E-state index contributed by atoms with van der Waals surface area (Å²) in [6.07, 6.45) is 8.92. The third kappa shape index (κ3) is 3.13. The lowest BCUT2D eigenvalue weighted by Gasteiger charge is -2.38. The Labute approximate surface area is 130 Å². The molecule has 2 bridgehead atoms. The largest absolute Gasteiger partial charge is 0.338 e. The van der Waals surface area contributed by atoms with E-state index in [1.165, 1.54) is 32.1 Å². The van der Waals surface area contributed by atoms with Gasteiger partial charge in [0.15, 0.2) is 0 Å². The Balaban J connectivity index is 1.78. The zero-order chi connectivity index (χ0) is 15.2. The SMILES string of the molecule is CN(C)C1CC(C)(C)CCN(C2CC3CCC(C3)C2)C1=O. The number of likely N-dealkylation sites (N-methyl/N-ethyl adjacent to an activating group) is 1. The zero-order valence-corrected chi connectivity index (χ0v) is 14.3. The fraction of sp³-hybridized carbons (Fsp3) is 0.944. The van der Waals surface area contributed by atoms with Crippen LogP contribution in [0.25, 0.3) is 0 Å². The molecule has 3 atom stereocenters. The van der Waals surface area contributed by atoms with Crippen molar-refractivity contribution in [2.45, 2.75) is 70.9 Å². The van der Waals surface area contributed by atoms with Gasteiger partial charge in [-0.05, 0) is 63.5 Å². The molecule has 3 fully saturated rings. The lowest BCUT2D eigenvalue weighted by molar-refractivity contribution is -0.139.